The standard InChI is InChI=1S/C14H17BrCl2/c15-12-6-3-1-2-5-10(12)9-11-13(16)7-4-8-14(11)17/h4,7-8,10,12H,1-3,5-6,9H2. The number of hydrogen-bond donors (Lipinski definition) is 0. The molecule has 94 valence electrons. The van der Waals surface area contributed by atoms with Crippen LogP contribution in [0.3, 0.4) is 0 Å². The van der Waals surface area contributed by atoms with Crippen molar-refractivity contribution in [1.82, 2.24) is 0 Å². The number of alkyl halides is 1. The molecule has 0 aromatic heterocycles. The van der Waals surface area contributed by atoms with Crippen molar-refractivity contribution in [3.05, 3.63) is 33.8 Å². The van der Waals surface area contributed by atoms with Crippen molar-refractivity contribution in [3.8, 4) is 0 Å². The van der Waals surface area contributed by atoms with Gasteiger partial charge < -0.3 is 0 Å². The van der Waals surface area contributed by atoms with E-state index in [-0.39, 0.29) is 0 Å². The van der Waals surface area contributed by atoms with E-state index in [0.29, 0.717) is 10.7 Å². The van der Waals surface area contributed by atoms with Crippen LogP contribution < -0.4 is 0 Å². The molecule has 0 radical (unpaired) electrons. The first-order chi connectivity index (χ1) is 8.18. The predicted molar refractivity (Wildman–Crippen MR) is 79.5 cm³/mol. The van der Waals surface area contributed by atoms with Crippen molar-refractivity contribution in [2.75, 3.05) is 0 Å². The molecule has 1 aromatic rings. The van der Waals surface area contributed by atoms with Crippen LogP contribution in [0.1, 0.15) is 37.7 Å². The highest BCUT2D eigenvalue weighted by Crippen LogP contribution is 2.35. The van der Waals surface area contributed by atoms with Gasteiger partial charge in [-0.2, -0.15) is 0 Å². The zero-order valence-corrected chi connectivity index (χ0v) is 12.9. The highest BCUT2D eigenvalue weighted by atomic mass is 79.9. The third kappa shape index (κ3) is 3.62. The van der Waals surface area contributed by atoms with Crippen molar-refractivity contribution in [1.29, 1.82) is 0 Å². The van der Waals surface area contributed by atoms with E-state index in [4.69, 9.17) is 23.2 Å². The fourth-order valence-corrected chi connectivity index (χ4v) is 3.89. The van der Waals surface area contributed by atoms with Gasteiger partial charge in [-0.1, -0.05) is 64.5 Å². The Bertz CT molecular complexity index is 358. The largest absolute Gasteiger partial charge is 0.0888 e. The second kappa shape index (κ2) is 6.45. The predicted octanol–water partition coefficient (Wildman–Crippen LogP) is 5.88. The van der Waals surface area contributed by atoms with Crippen LogP contribution in [0.5, 0.6) is 0 Å². The van der Waals surface area contributed by atoms with Crippen molar-refractivity contribution in [2.24, 2.45) is 5.92 Å². The lowest BCUT2D eigenvalue weighted by Crippen LogP contribution is -2.16. The Morgan fingerprint density at radius 3 is 2.41 bits per heavy atom. The summed E-state index contributed by atoms with van der Waals surface area (Å²) in [6.45, 7) is 0. The van der Waals surface area contributed by atoms with Crippen LogP contribution in [0, 0.1) is 5.92 Å². The molecule has 3 heteroatoms. The molecule has 2 unspecified atom stereocenters. The van der Waals surface area contributed by atoms with E-state index in [1.54, 1.807) is 0 Å². The van der Waals surface area contributed by atoms with Gasteiger partial charge in [-0.05, 0) is 42.9 Å². The lowest BCUT2D eigenvalue weighted by Gasteiger charge is -2.21. The Morgan fingerprint density at radius 2 is 1.71 bits per heavy atom. The second-order valence-corrected chi connectivity index (χ2v) is 6.81. The van der Waals surface area contributed by atoms with E-state index in [9.17, 15) is 0 Å². The molecule has 0 spiro atoms. The quantitative estimate of drug-likeness (QED) is 0.467. The molecular weight excluding hydrogens is 319 g/mol. The lowest BCUT2D eigenvalue weighted by molar-refractivity contribution is 0.476. The number of benzene rings is 1. The molecule has 1 saturated carbocycles. The molecule has 0 saturated heterocycles. The van der Waals surface area contributed by atoms with Gasteiger partial charge in [0.25, 0.3) is 0 Å². The van der Waals surface area contributed by atoms with E-state index in [0.717, 1.165) is 22.0 Å². The molecule has 0 nitrogen and oxygen atoms in total. The van der Waals surface area contributed by atoms with Gasteiger partial charge in [-0.25, -0.2) is 0 Å². The third-order valence-corrected chi connectivity index (χ3v) is 5.51. The summed E-state index contributed by atoms with van der Waals surface area (Å²) in [5, 5.41) is 1.61. The van der Waals surface area contributed by atoms with Gasteiger partial charge in [-0.15, -0.1) is 0 Å². The van der Waals surface area contributed by atoms with Crippen LogP contribution in [0.25, 0.3) is 0 Å². The Labute approximate surface area is 122 Å². The van der Waals surface area contributed by atoms with E-state index in [1.807, 2.05) is 18.2 Å². The van der Waals surface area contributed by atoms with Crippen molar-refractivity contribution in [3.63, 3.8) is 0 Å². The van der Waals surface area contributed by atoms with Crippen LogP contribution in [0.15, 0.2) is 18.2 Å². The van der Waals surface area contributed by atoms with Gasteiger partial charge in [0.15, 0.2) is 0 Å². The maximum atomic E-state index is 6.24. The van der Waals surface area contributed by atoms with Crippen LogP contribution in [-0.2, 0) is 6.42 Å². The Balaban J connectivity index is 2.13. The Kier molecular flexibility index (Phi) is 5.20. The molecule has 0 heterocycles. The molecule has 0 aliphatic heterocycles. The summed E-state index contributed by atoms with van der Waals surface area (Å²) in [7, 11) is 0. The first-order valence-electron chi connectivity index (χ1n) is 6.25. The van der Waals surface area contributed by atoms with Crippen molar-refractivity contribution >= 4 is 39.1 Å². The SMILES string of the molecule is Clc1cccc(Cl)c1CC1CCCCCC1Br. The minimum atomic E-state index is 0.609. The summed E-state index contributed by atoms with van der Waals surface area (Å²) >= 11 is 16.3. The molecule has 0 N–H and O–H groups in total. The molecule has 0 bridgehead atoms. The summed E-state index contributed by atoms with van der Waals surface area (Å²) in [5.41, 5.74) is 1.12. The maximum Gasteiger partial charge on any atom is 0.0452 e. The van der Waals surface area contributed by atoms with E-state index < -0.39 is 0 Å². The van der Waals surface area contributed by atoms with Gasteiger partial charge in [0.05, 0.1) is 0 Å². The molecule has 1 aliphatic rings. The summed E-state index contributed by atoms with van der Waals surface area (Å²) in [4.78, 5) is 0.609. The normalized spacial score (nSPS) is 25.6. The van der Waals surface area contributed by atoms with Crippen molar-refractivity contribution < 1.29 is 0 Å². The Morgan fingerprint density at radius 1 is 1.06 bits per heavy atom. The monoisotopic (exact) mass is 334 g/mol. The van der Waals surface area contributed by atoms with Crippen LogP contribution in [0.2, 0.25) is 10.0 Å². The fourth-order valence-electron chi connectivity index (χ4n) is 2.56. The smallest absolute Gasteiger partial charge is 0.0452 e. The highest BCUT2D eigenvalue weighted by Gasteiger charge is 2.23. The average molecular weight is 336 g/mol. The van der Waals surface area contributed by atoms with Gasteiger partial charge in [0.1, 0.15) is 0 Å². The highest BCUT2D eigenvalue weighted by molar-refractivity contribution is 9.09. The first kappa shape index (κ1) is 13.7. The summed E-state index contributed by atoms with van der Waals surface area (Å²) in [6.07, 6.45) is 7.56. The van der Waals surface area contributed by atoms with Gasteiger partial charge in [0, 0.05) is 14.9 Å². The fraction of sp³-hybridized carbons (Fsp3) is 0.571. The zero-order valence-electron chi connectivity index (χ0n) is 9.76. The van der Waals surface area contributed by atoms with Gasteiger partial charge in [0.2, 0.25) is 0 Å². The third-order valence-electron chi connectivity index (χ3n) is 3.59. The minimum Gasteiger partial charge on any atom is -0.0888 e. The molecule has 1 aromatic carbocycles. The van der Waals surface area contributed by atoms with Crippen LogP contribution >= 0.6 is 39.1 Å². The summed E-state index contributed by atoms with van der Waals surface area (Å²) < 4.78 is 0. The molecular formula is C14H17BrCl2. The van der Waals surface area contributed by atoms with Gasteiger partial charge >= 0.3 is 0 Å². The molecule has 17 heavy (non-hydrogen) atoms. The second-order valence-electron chi connectivity index (χ2n) is 4.82. The number of hydrogen-bond acceptors (Lipinski definition) is 0. The molecule has 1 fully saturated rings. The number of halogens is 3. The zero-order chi connectivity index (χ0) is 12.3. The van der Waals surface area contributed by atoms with Crippen LogP contribution in [0.4, 0.5) is 0 Å². The number of rotatable bonds is 2. The Hall–Kier alpha value is 0.280. The summed E-state index contributed by atoms with van der Waals surface area (Å²) in [5.74, 6) is 0.662. The molecule has 1 aliphatic carbocycles. The molecule has 2 atom stereocenters. The molecule has 0 amide bonds. The lowest BCUT2D eigenvalue weighted by atomic mass is 9.92. The average Bonchev–Trinajstić information content (AvgIpc) is 2.49. The minimum absolute atomic E-state index is 0.609. The topological polar surface area (TPSA) is 0 Å². The first-order valence-corrected chi connectivity index (χ1v) is 7.92. The van der Waals surface area contributed by atoms with E-state index >= 15 is 0 Å². The molecule has 2 rings (SSSR count). The van der Waals surface area contributed by atoms with Gasteiger partial charge in [-0.3, -0.25) is 0 Å². The van der Waals surface area contributed by atoms with E-state index in [2.05, 4.69) is 15.9 Å². The van der Waals surface area contributed by atoms with Crippen molar-refractivity contribution in [2.45, 2.75) is 43.4 Å². The van der Waals surface area contributed by atoms with Crippen LogP contribution in [-0.4, -0.2) is 4.83 Å². The van der Waals surface area contributed by atoms with E-state index in [1.165, 1.54) is 32.1 Å². The summed E-state index contributed by atoms with van der Waals surface area (Å²) in [6, 6.07) is 5.78. The maximum absolute atomic E-state index is 6.24.